The van der Waals surface area contributed by atoms with Gasteiger partial charge < -0.3 is 19.3 Å². The van der Waals surface area contributed by atoms with Gasteiger partial charge in [0.1, 0.15) is 5.78 Å². The largest absolute Gasteiger partial charge is 0.378 e. The van der Waals surface area contributed by atoms with Gasteiger partial charge in [-0.3, -0.25) is 14.6 Å². The summed E-state index contributed by atoms with van der Waals surface area (Å²) in [5, 5.41) is 0. The molecule has 0 atom stereocenters. The van der Waals surface area contributed by atoms with Gasteiger partial charge in [-0.2, -0.15) is 0 Å². The van der Waals surface area contributed by atoms with E-state index in [-0.39, 0.29) is 0 Å². The molecule has 0 aromatic carbocycles. The summed E-state index contributed by atoms with van der Waals surface area (Å²) >= 11 is 0. The van der Waals surface area contributed by atoms with Gasteiger partial charge in [0.25, 0.3) is 0 Å². The topological polar surface area (TPSA) is 48.5 Å². The third-order valence-electron chi connectivity index (χ3n) is 6.79. The SMILES string of the molecule is O=C(CCN1CC=C(N2CCOCC2)CC1)CCN1CC=C(N2CCOCC2)CC1. The van der Waals surface area contributed by atoms with Crippen LogP contribution in [0.4, 0.5) is 0 Å². The molecule has 0 aliphatic carbocycles. The van der Waals surface area contributed by atoms with Crippen molar-refractivity contribution >= 4 is 5.78 Å². The van der Waals surface area contributed by atoms with Gasteiger partial charge in [0.2, 0.25) is 0 Å². The van der Waals surface area contributed by atoms with E-state index in [2.05, 4.69) is 31.8 Å². The van der Waals surface area contributed by atoms with E-state index in [4.69, 9.17) is 9.47 Å². The Morgan fingerprint density at radius 3 is 1.50 bits per heavy atom. The van der Waals surface area contributed by atoms with Gasteiger partial charge in [-0.25, -0.2) is 0 Å². The molecule has 2 fully saturated rings. The van der Waals surface area contributed by atoms with E-state index in [1.165, 1.54) is 11.4 Å². The van der Waals surface area contributed by atoms with Crippen LogP contribution in [0.15, 0.2) is 23.5 Å². The molecule has 4 aliphatic heterocycles. The summed E-state index contributed by atoms with van der Waals surface area (Å²) in [4.78, 5) is 22.2. The van der Waals surface area contributed by atoms with Gasteiger partial charge in [-0.15, -0.1) is 0 Å². The lowest BCUT2D eigenvalue weighted by atomic mass is 10.1. The average molecular weight is 419 g/mol. The van der Waals surface area contributed by atoms with Crippen LogP contribution in [-0.4, -0.2) is 117 Å². The van der Waals surface area contributed by atoms with E-state index >= 15 is 0 Å². The van der Waals surface area contributed by atoms with Crippen molar-refractivity contribution in [3.05, 3.63) is 23.5 Å². The Morgan fingerprint density at radius 2 is 1.13 bits per heavy atom. The van der Waals surface area contributed by atoms with Gasteiger partial charge in [0, 0.05) is 89.7 Å². The molecule has 0 amide bonds. The number of hydrogen-bond acceptors (Lipinski definition) is 7. The first-order valence-electron chi connectivity index (χ1n) is 11.8. The van der Waals surface area contributed by atoms with Gasteiger partial charge in [0.15, 0.2) is 0 Å². The number of carbonyl (C=O) groups is 1. The van der Waals surface area contributed by atoms with Crippen molar-refractivity contribution in [1.29, 1.82) is 0 Å². The smallest absolute Gasteiger partial charge is 0.135 e. The highest BCUT2D eigenvalue weighted by Crippen LogP contribution is 2.18. The maximum atomic E-state index is 12.4. The lowest BCUT2D eigenvalue weighted by Gasteiger charge is -2.35. The number of ketones is 1. The van der Waals surface area contributed by atoms with Crippen molar-refractivity contribution in [3.8, 4) is 0 Å². The number of morpholine rings is 2. The molecule has 0 radical (unpaired) electrons. The highest BCUT2D eigenvalue weighted by Gasteiger charge is 2.20. The van der Waals surface area contributed by atoms with E-state index < -0.39 is 0 Å². The summed E-state index contributed by atoms with van der Waals surface area (Å²) in [6.07, 6.45) is 8.27. The second-order valence-electron chi connectivity index (χ2n) is 8.73. The molecular weight excluding hydrogens is 380 g/mol. The van der Waals surface area contributed by atoms with Crippen molar-refractivity contribution in [1.82, 2.24) is 19.6 Å². The predicted octanol–water partition coefficient (Wildman–Crippen LogP) is 1.18. The minimum Gasteiger partial charge on any atom is -0.378 e. The predicted molar refractivity (Wildman–Crippen MR) is 117 cm³/mol. The van der Waals surface area contributed by atoms with Crippen molar-refractivity contribution in [2.24, 2.45) is 0 Å². The second kappa shape index (κ2) is 11.3. The fraction of sp³-hybridized carbons (Fsp3) is 0.783. The molecule has 0 spiro atoms. The van der Waals surface area contributed by atoms with Crippen molar-refractivity contribution < 1.29 is 14.3 Å². The first-order chi connectivity index (χ1) is 14.8. The Bertz CT molecular complexity index is 572. The van der Waals surface area contributed by atoms with Crippen LogP contribution in [0.25, 0.3) is 0 Å². The molecule has 7 nitrogen and oxygen atoms in total. The Hall–Kier alpha value is -1.41. The van der Waals surface area contributed by atoms with Gasteiger partial charge in [0.05, 0.1) is 26.4 Å². The monoisotopic (exact) mass is 418 g/mol. The van der Waals surface area contributed by atoms with E-state index in [1.54, 1.807) is 0 Å². The van der Waals surface area contributed by atoms with Gasteiger partial charge in [-0.1, -0.05) is 12.2 Å². The van der Waals surface area contributed by atoms with E-state index in [9.17, 15) is 4.79 Å². The van der Waals surface area contributed by atoms with E-state index in [1.807, 2.05) is 0 Å². The van der Waals surface area contributed by atoms with Crippen LogP contribution in [0.1, 0.15) is 25.7 Å². The zero-order valence-corrected chi connectivity index (χ0v) is 18.4. The number of hydrogen-bond donors (Lipinski definition) is 0. The van der Waals surface area contributed by atoms with Crippen LogP contribution in [0.5, 0.6) is 0 Å². The molecule has 7 heteroatoms. The summed E-state index contributed by atoms with van der Waals surface area (Å²) < 4.78 is 10.9. The molecule has 0 bridgehead atoms. The minimum atomic E-state index is 0.404. The Balaban J connectivity index is 1.10. The highest BCUT2D eigenvalue weighted by molar-refractivity contribution is 5.78. The van der Waals surface area contributed by atoms with Gasteiger partial charge >= 0.3 is 0 Å². The maximum Gasteiger partial charge on any atom is 0.135 e. The van der Waals surface area contributed by atoms with Crippen LogP contribution in [0.2, 0.25) is 0 Å². The molecular formula is C23H38N4O3. The van der Waals surface area contributed by atoms with Crippen molar-refractivity contribution in [2.75, 3.05) is 91.9 Å². The lowest BCUT2D eigenvalue weighted by Crippen LogP contribution is -2.40. The molecule has 0 saturated carbocycles. The maximum absolute atomic E-state index is 12.4. The zero-order chi connectivity index (χ0) is 20.6. The summed E-state index contributed by atoms with van der Waals surface area (Å²) in [5.41, 5.74) is 2.94. The number of nitrogens with zero attached hydrogens (tertiary/aromatic N) is 4. The first kappa shape index (κ1) is 21.8. The normalized spacial score (nSPS) is 24.5. The second-order valence-corrected chi connectivity index (χ2v) is 8.73. The number of carbonyl (C=O) groups excluding carboxylic acids is 1. The van der Waals surface area contributed by atoms with Crippen LogP contribution in [0, 0.1) is 0 Å². The molecule has 0 aromatic rings. The van der Waals surface area contributed by atoms with Crippen LogP contribution >= 0.6 is 0 Å². The molecule has 0 N–H and O–H groups in total. The third kappa shape index (κ3) is 6.30. The Morgan fingerprint density at radius 1 is 0.700 bits per heavy atom. The minimum absolute atomic E-state index is 0.404. The number of ether oxygens (including phenoxy) is 2. The molecule has 4 aliphatic rings. The van der Waals surface area contributed by atoms with Crippen molar-refractivity contribution in [2.45, 2.75) is 25.7 Å². The summed E-state index contributed by atoms with van der Waals surface area (Å²) in [7, 11) is 0. The Kier molecular flexibility index (Phi) is 8.20. The molecule has 4 rings (SSSR count). The lowest BCUT2D eigenvalue weighted by molar-refractivity contribution is -0.119. The molecule has 0 unspecified atom stereocenters. The molecule has 30 heavy (non-hydrogen) atoms. The summed E-state index contributed by atoms with van der Waals surface area (Å²) in [6, 6.07) is 0. The molecule has 168 valence electrons. The number of Topliss-reactive ketones (excluding diaryl/α,β-unsaturated/α-hetero) is 1. The zero-order valence-electron chi connectivity index (χ0n) is 18.4. The van der Waals surface area contributed by atoms with Crippen LogP contribution < -0.4 is 0 Å². The van der Waals surface area contributed by atoms with E-state index in [0.29, 0.717) is 18.6 Å². The average Bonchev–Trinajstić information content (AvgIpc) is 2.83. The van der Waals surface area contributed by atoms with Crippen molar-refractivity contribution in [3.63, 3.8) is 0 Å². The number of rotatable bonds is 8. The summed E-state index contributed by atoms with van der Waals surface area (Å²) in [6.45, 7) is 13.3. The first-order valence-corrected chi connectivity index (χ1v) is 11.8. The van der Waals surface area contributed by atoms with Gasteiger partial charge in [-0.05, 0) is 12.8 Å². The standard InChI is InChI=1S/C23H38N4O3/c28-23(5-11-24-7-1-21(2-8-24)26-13-17-29-18-14-26)6-12-25-9-3-22(4-10-25)27-15-19-30-20-16-27/h1,3H,2,4-20H2. The van der Waals surface area contributed by atoms with Crippen LogP contribution in [-0.2, 0) is 14.3 Å². The highest BCUT2D eigenvalue weighted by atomic mass is 16.5. The van der Waals surface area contributed by atoms with E-state index in [0.717, 1.165) is 105 Å². The third-order valence-corrected chi connectivity index (χ3v) is 6.79. The van der Waals surface area contributed by atoms with Crippen LogP contribution in [0.3, 0.4) is 0 Å². The molecule has 2 saturated heterocycles. The molecule has 0 aromatic heterocycles. The fourth-order valence-corrected chi connectivity index (χ4v) is 4.77. The molecule has 4 heterocycles. The fourth-order valence-electron chi connectivity index (χ4n) is 4.77. The Labute approximate surface area is 181 Å². The summed E-state index contributed by atoms with van der Waals surface area (Å²) in [5.74, 6) is 0.404. The quantitative estimate of drug-likeness (QED) is 0.587.